The van der Waals surface area contributed by atoms with E-state index in [4.69, 9.17) is 4.74 Å². The zero-order valence-electron chi connectivity index (χ0n) is 10.6. The Hall–Kier alpha value is -1.68. The highest BCUT2D eigenvalue weighted by atomic mass is 16.5. The topological polar surface area (TPSA) is 55.4 Å². The minimum atomic E-state index is -0.412. The first-order valence-electron chi connectivity index (χ1n) is 5.38. The number of methoxy groups -OCH3 is 1. The van der Waals surface area contributed by atoms with Crippen molar-refractivity contribution in [3.8, 4) is 0 Å². The largest absolute Gasteiger partial charge is 0.465 e. The molecule has 1 aromatic carbocycles. The van der Waals surface area contributed by atoms with E-state index in [-0.39, 0.29) is 12.3 Å². The minimum Gasteiger partial charge on any atom is -0.465 e. The van der Waals surface area contributed by atoms with Crippen LogP contribution in [0.5, 0.6) is 0 Å². The van der Waals surface area contributed by atoms with Crippen LogP contribution in [0.25, 0.3) is 0 Å². The standard InChI is InChI=1S/C13H17NO3/c1-8-5-10(12(15)7-14-3)6-11(9(8)2)13(16)17-4/h5-6,14H,7H2,1-4H3. The van der Waals surface area contributed by atoms with E-state index in [9.17, 15) is 9.59 Å². The summed E-state index contributed by atoms with van der Waals surface area (Å²) in [7, 11) is 3.04. The highest BCUT2D eigenvalue weighted by molar-refractivity contribution is 6.01. The van der Waals surface area contributed by atoms with Gasteiger partial charge in [0.25, 0.3) is 0 Å². The van der Waals surface area contributed by atoms with Gasteiger partial charge in [0.15, 0.2) is 5.78 Å². The number of carbonyl (C=O) groups is 2. The van der Waals surface area contributed by atoms with Gasteiger partial charge >= 0.3 is 5.97 Å². The Morgan fingerprint density at radius 2 is 1.94 bits per heavy atom. The lowest BCUT2D eigenvalue weighted by Crippen LogP contribution is -2.19. The van der Waals surface area contributed by atoms with Crippen molar-refractivity contribution in [2.24, 2.45) is 0 Å². The van der Waals surface area contributed by atoms with Crippen LogP contribution in [0.3, 0.4) is 0 Å². The number of esters is 1. The summed E-state index contributed by atoms with van der Waals surface area (Å²) in [5.41, 5.74) is 2.74. The Morgan fingerprint density at radius 3 is 2.47 bits per heavy atom. The van der Waals surface area contributed by atoms with Crippen molar-refractivity contribution in [3.05, 3.63) is 34.4 Å². The maximum atomic E-state index is 11.8. The van der Waals surface area contributed by atoms with E-state index in [1.54, 1.807) is 19.2 Å². The first kappa shape index (κ1) is 13.4. The van der Waals surface area contributed by atoms with Gasteiger partial charge < -0.3 is 10.1 Å². The maximum Gasteiger partial charge on any atom is 0.338 e. The van der Waals surface area contributed by atoms with Gasteiger partial charge in [0.1, 0.15) is 0 Å². The number of nitrogens with one attached hydrogen (secondary N) is 1. The van der Waals surface area contributed by atoms with E-state index in [1.807, 2.05) is 13.8 Å². The molecule has 1 N–H and O–H groups in total. The van der Waals surface area contributed by atoms with Crippen molar-refractivity contribution in [3.63, 3.8) is 0 Å². The molecular formula is C13H17NO3. The van der Waals surface area contributed by atoms with Crippen LogP contribution in [-0.4, -0.2) is 32.5 Å². The van der Waals surface area contributed by atoms with Crippen LogP contribution in [0, 0.1) is 13.8 Å². The highest BCUT2D eigenvalue weighted by Crippen LogP contribution is 2.17. The smallest absolute Gasteiger partial charge is 0.338 e. The highest BCUT2D eigenvalue weighted by Gasteiger charge is 2.15. The van der Waals surface area contributed by atoms with Crippen LogP contribution >= 0.6 is 0 Å². The second-order valence-electron chi connectivity index (χ2n) is 3.91. The van der Waals surface area contributed by atoms with Crippen LogP contribution < -0.4 is 5.32 Å². The average Bonchev–Trinajstić information content (AvgIpc) is 2.31. The predicted molar refractivity (Wildman–Crippen MR) is 65.5 cm³/mol. The summed E-state index contributed by atoms with van der Waals surface area (Å²) < 4.78 is 4.70. The van der Waals surface area contributed by atoms with Crippen LogP contribution in [0.1, 0.15) is 31.8 Å². The molecule has 0 amide bonds. The molecule has 0 heterocycles. The summed E-state index contributed by atoms with van der Waals surface area (Å²) in [6.07, 6.45) is 0. The lowest BCUT2D eigenvalue weighted by molar-refractivity contribution is 0.0600. The molecule has 4 heteroatoms. The number of hydrogen-bond donors (Lipinski definition) is 1. The van der Waals surface area contributed by atoms with Gasteiger partial charge in [0, 0.05) is 5.56 Å². The molecule has 0 aromatic heterocycles. The van der Waals surface area contributed by atoms with Crippen LogP contribution in [0.2, 0.25) is 0 Å². The molecular weight excluding hydrogens is 218 g/mol. The molecule has 1 rings (SSSR count). The predicted octanol–water partition coefficient (Wildman–Crippen LogP) is 1.49. The van der Waals surface area contributed by atoms with E-state index >= 15 is 0 Å². The Balaban J connectivity index is 3.23. The zero-order valence-corrected chi connectivity index (χ0v) is 10.6. The third-order valence-electron chi connectivity index (χ3n) is 2.73. The van der Waals surface area contributed by atoms with Gasteiger partial charge in [-0.15, -0.1) is 0 Å². The fourth-order valence-corrected chi connectivity index (χ4v) is 1.60. The molecule has 0 spiro atoms. The molecule has 0 fully saturated rings. The maximum absolute atomic E-state index is 11.8. The zero-order chi connectivity index (χ0) is 13.0. The molecule has 0 aliphatic carbocycles. The average molecular weight is 235 g/mol. The first-order chi connectivity index (χ1) is 8.01. The second-order valence-corrected chi connectivity index (χ2v) is 3.91. The quantitative estimate of drug-likeness (QED) is 0.634. The molecule has 1 aromatic rings. The number of rotatable bonds is 4. The molecule has 0 bridgehead atoms. The summed E-state index contributed by atoms with van der Waals surface area (Å²) in [6, 6.07) is 3.38. The number of benzene rings is 1. The van der Waals surface area contributed by atoms with Gasteiger partial charge in [-0.1, -0.05) is 0 Å². The summed E-state index contributed by atoms with van der Waals surface area (Å²) in [5, 5.41) is 2.80. The number of hydrogen-bond acceptors (Lipinski definition) is 4. The second kappa shape index (κ2) is 5.59. The van der Waals surface area contributed by atoms with E-state index in [0.717, 1.165) is 11.1 Å². The molecule has 0 saturated heterocycles. The Labute approximate surface area is 101 Å². The van der Waals surface area contributed by atoms with Crippen molar-refractivity contribution >= 4 is 11.8 Å². The number of Topliss-reactive ketones (excluding diaryl/α,β-unsaturated/α-hetero) is 1. The van der Waals surface area contributed by atoms with E-state index in [2.05, 4.69) is 5.32 Å². The van der Waals surface area contributed by atoms with Crippen LogP contribution in [-0.2, 0) is 4.74 Å². The van der Waals surface area contributed by atoms with Crippen LogP contribution in [0.15, 0.2) is 12.1 Å². The fraction of sp³-hybridized carbons (Fsp3) is 0.385. The van der Waals surface area contributed by atoms with Crippen LogP contribution in [0.4, 0.5) is 0 Å². The van der Waals surface area contributed by atoms with E-state index < -0.39 is 5.97 Å². The van der Waals surface area contributed by atoms with Gasteiger partial charge in [-0.3, -0.25) is 4.79 Å². The van der Waals surface area contributed by atoms with E-state index in [0.29, 0.717) is 11.1 Å². The van der Waals surface area contributed by atoms with Gasteiger partial charge in [-0.2, -0.15) is 0 Å². The summed E-state index contributed by atoms with van der Waals surface area (Å²) in [5.74, 6) is -0.453. The molecule has 0 aliphatic rings. The first-order valence-corrected chi connectivity index (χ1v) is 5.38. The molecule has 0 radical (unpaired) electrons. The number of ether oxygens (including phenoxy) is 1. The molecule has 0 unspecified atom stereocenters. The van der Waals surface area contributed by atoms with Gasteiger partial charge in [0.05, 0.1) is 19.2 Å². The van der Waals surface area contributed by atoms with Gasteiger partial charge in [0.2, 0.25) is 0 Å². The lowest BCUT2D eigenvalue weighted by atomic mass is 9.97. The molecule has 92 valence electrons. The molecule has 0 aliphatic heterocycles. The molecule has 0 saturated carbocycles. The minimum absolute atomic E-state index is 0.0410. The van der Waals surface area contributed by atoms with Crippen molar-refractivity contribution in [2.75, 3.05) is 20.7 Å². The fourth-order valence-electron chi connectivity index (χ4n) is 1.60. The van der Waals surface area contributed by atoms with Gasteiger partial charge in [-0.05, 0) is 44.2 Å². The van der Waals surface area contributed by atoms with Crippen molar-refractivity contribution < 1.29 is 14.3 Å². The molecule has 4 nitrogen and oxygen atoms in total. The number of carbonyl (C=O) groups excluding carboxylic acids is 2. The Morgan fingerprint density at radius 1 is 1.29 bits per heavy atom. The third-order valence-corrected chi connectivity index (χ3v) is 2.73. The van der Waals surface area contributed by atoms with Crippen molar-refractivity contribution in [2.45, 2.75) is 13.8 Å². The summed E-state index contributed by atoms with van der Waals surface area (Å²) in [4.78, 5) is 23.3. The molecule has 0 atom stereocenters. The third kappa shape index (κ3) is 2.91. The lowest BCUT2D eigenvalue weighted by Gasteiger charge is -2.10. The summed E-state index contributed by atoms with van der Waals surface area (Å²) >= 11 is 0. The Kier molecular flexibility index (Phi) is 4.40. The monoisotopic (exact) mass is 235 g/mol. The Bertz CT molecular complexity index is 452. The normalized spacial score (nSPS) is 10.1. The number of likely N-dealkylation sites (N-methyl/N-ethyl adjacent to an activating group) is 1. The number of aryl methyl sites for hydroxylation is 1. The molecule has 17 heavy (non-hydrogen) atoms. The summed E-state index contributed by atoms with van der Waals surface area (Å²) in [6.45, 7) is 3.97. The van der Waals surface area contributed by atoms with Gasteiger partial charge in [-0.25, -0.2) is 4.79 Å². The van der Waals surface area contributed by atoms with Crippen molar-refractivity contribution in [1.82, 2.24) is 5.32 Å². The van der Waals surface area contributed by atoms with Crippen molar-refractivity contribution in [1.29, 1.82) is 0 Å². The number of ketones is 1. The van der Waals surface area contributed by atoms with E-state index in [1.165, 1.54) is 7.11 Å². The SMILES string of the molecule is CNCC(=O)c1cc(C)c(C)c(C(=O)OC)c1.